The molecule has 0 bridgehead atoms. The fraction of sp³-hybridized carbons (Fsp3) is 0.143. The second kappa shape index (κ2) is 5.92. The van der Waals surface area contributed by atoms with Crippen LogP contribution >= 0.6 is 11.8 Å². The zero-order valence-electron chi connectivity index (χ0n) is 11.5. The Morgan fingerprint density at radius 1 is 1.10 bits per heavy atom. The van der Waals surface area contributed by atoms with E-state index < -0.39 is 0 Å². The van der Waals surface area contributed by atoms with E-state index in [1.165, 1.54) is 17.3 Å². The Morgan fingerprint density at radius 3 is 2.67 bits per heavy atom. The van der Waals surface area contributed by atoms with Crippen molar-refractivity contribution in [1.29, 1.82) is 0 Å². The summed E-state index contributed by atoms with van der Waals surface area (Å²) >= 11 is 1.19. The number of rotatable bonds is 4. The van der Waals surface area contributed by atoms with E-state index >= 15 is 0 Å². The van der Waals surface area contributed by atoms with Crippen molar-refractivity contribution in [3.05, 3.63) is 42.1 Å². The number of hydrogen-bond acceptors (Lipinski definition) is 7. The number of aryl methyl sites for hydroxylation is 1. The summed E-state index contributed by atoms with van der Waals surface area (Å²) in [4.78, 5) is 8.30. The number of ether oxygens (including phenoxy) is 1. The average Bonchev–Trinajstić information content (AvgIpc) is 2.96. The van der Waals surface area contributed by atoms with Crippen LogP contribution in [0.3, 0.4) is 0 Å². The molecule has 1 aromatic carbocycles. The second-order valence-electron chi connectivity index (χ2n) is 4.22. The summed E-state index contributed by atoms with van der Waals surface area (Å²) in [5.41, 5.74) is 2.06. The molecule has 7 heteroatoms. The summed E-state index contributed by atoms with van der Waals surface area (Å²) in [7, 11) is 1.55. The van der Waals surface area contributed by atoms with Gasteiger partial charge in [-0.15, -0.1) is 10.2 Å². The third-order valence-corrected chi connectivity index (χ3v) is 3.42. The lowest BCUT2D eigenvalue weighted by Gasteiger charge is -1.99. The first-order chi connectivity index (χ1) is 10.2. The molecular weight excluding hydrogens is 288 g/mol. The Hall–Kier alpha value is -2.41. The summed E-state index contributed by atoms with van der Waals surface area (Å²) in [5, 5.41) is 8.90. The molecular formula is C14H12N4O2S. The fourth-order valence-electron chi connectivity index (χ4n) is 1.63. The van der Waals surface area contributed by atoms with Gasteiger partial charge in [-0.2, -0.15) is 4.98 Å². The Bertz CT molecular complexity index is 743. The minimum Gasteiger partial charge on any atom is -0.481 e. The smallest absolute Gasteiger partial charge is 0.284 e. The van der Waals surface area contributed by atoms with Crippen molar-refractivity contribution in [3.63, 3.8) is 0 Å². The fourth-order valence-corrected chi connectivity index (χ4v) is 2.24. The van der Waals surface area contributed by atoms with Crippen molar-refractivity contribution in [1.82, 2.24) is 20.2 Å². The first kappa shape index (κ1) is 13.6. The zero-order valence-corrected chi connectivity index (χ0v) is 12.3. The summed E-state index contributed by atoms with van der Waals surface area (Å²) in [6.07, 6.45) is 1.62. The number of benzene rings is 1. The SMILES string of the molecule is COc1ccnc(Sc2nnc(-c3ccc(C)cc3)o2)n1. The van der Waals surface area contributed by atoms with Crippen LogP contribution in [0.25, 0.3) is 11.5 Å². The molecule has 0 atom stereocenters. The van der Waals surface area contributed by atoms with Crippen LogP contribution in [0.1, 0.15) is 5.56 Å². The predicted molar refractivity (Wildman–Crippen MR) is 77.2 cm³/mol. The van der Waals surface area contributed by atoms with Gasteiger partial charge in [-0.05, 0) is 19.1 Å². The molecule has 3 aromatic rings. The quantitative estimate of drug-likeness (QED) is 0.686. The number of hydrogen-bond donors (Lipinski definition) is 0. The van der Waals surface area contributed by atoms with E-state index in [4.69, 9.17) is 9.15 Å². The van der Waals surface area contributed by atoms with Gasteiger partial charge in [0, 0.05) is 29.6 Å². The molecule has 0 spiro atoms. The molecule has 2 aromatic heterocycles. The van der Waals surface area contributed by atoms with Crippen LogP contribution in [0.15, 0.2) is 51.3 Å². The maximum Gasteiger partial charge on any atom is 0.284 e. The van der Waals surface area contributed by atoms with E-state index in [0.717, 1.165) is 5.56 Å². The summed E-state index contributed by atoms with van der Waals surface area (Å²) in [5.74, 6) is 0.964. The molecule has 21 heavy (non-hydrogen) atoms. The molecule has 0 saturated heterocycles. The van der Waals surface area contributed by atoms with Crippen LogP contribution in [0.4, 0.5) is 0 Å². The Morgan fingerprint density at radius 2 is 1.90 bits per heavy atom. The predicted octanol–water partition coefficient (Wildman–Crippen LogP) is 2.99. The first-order valence-corrected chi connectivity index (χ1v) is 7.01. The Labute approximate surface area is 125 Å². The molecule has 6 nitrogen and oxygen atoms in total. The Kier molecular flexibility index (Phi) is 3.83. The third kappa shape index (κ3) is 3.19. The lowest BCUT2D eigenvalue weighted by atomic mass is 10.1. The monoisotopic (exact) mass is 300 g/mol. The van der Waals surface area contributed by atoms with Crippen molar-refractivity contribution in [2.24, 2.45) is 0 Å². The highest BCUT2D eigenvalue weighted by molar-refractivity contribution is 7.98. The maximum absolute atomic E-state index is 5.61. The zero-order chi connectivity index (χ0) is 14.7. The maximum atomic E-state index is 5.61. The average molecular weight is 300 g/mol. The van der Waals surface area contributed by atoms with Gasteiger partial charge in [0.05, 0.1) is 7.11 Å². The van der Waals surface area contributed by atoms with Gasteiger partial charge in [0.1, 0.15) is 0 Å². The van der Waals surface area contributed by atoms with Crippen molar-refractivity contribution in [2.75, 3.05) is 7.11 Å². The molecule has 0 saturated carbocycles. The van der Waals surface area contributed by atoms with E-state index in [-0.39, 0.29) is 0 Å². The van der Waals surface area contributed by atoms with Gasteiger partial charge in [-0.1, -0.05) is 17.7 Å². The number of methoxy groups -OCH3 is 1. The molecule has 0 aliphatic heterocycles. The van der Waals surface area contributed by atoms with Crippen molar-refractivity contribution in [3.8, 4) is 17.3 Å². The highest BCUT2D eigenvalue weighted by Crippen LogP contribution is 2.27. The third-order valence-electron chi connectivity index (χ3n) is 2.70. The van der Waals surface area contributed by atoms with Crippen LogP contribution < -0.4 is 4.74 Å². The van der Waals surface area contributed by atoms with Gasteiger partial charge in [0.15, 0.2) is 5.16 Å². The van der Waals surface area contributed by atoms with Crippen LogP contribution in [-0.4, -0.2) is 27.3 Å². The van der Waals surface area contributed by atoms with Crippen molar-refractivity contribution in [2.45, 2.75) is 17.3 Å². The normalized spacial score (nSPS) is 10.6. The van der Waals surface area contributed by atoms with Gasteiger partial charge >= 0.3 is 0 Å². The van der Waals surface area contributed by atoms with Crippen LogP contribution in [0.5, 0.6) is 5.88 Å². The molecule has 3 rings (SSSR count). The molecule has 0 aliphatic carbocycles. The molecule has 0 aliphatic rings. The van der Waals surface area contributed by atoms with Gasteiger partial charge in [-0.3, -0.25) is 0 Å². The standard InChI is InChI=1S/C14H12N4O2S/c1-9-3-5-10(6-4-9)12-17-18-14(20-12)21-13-15-8-7-11(16-13)19-2/h3-8H,1-2H3. The minimum atomic E-state index is 0.388. The topological polar surface area (TPSA) is 73.9 Å². The van der Waals surface area contributed by atoms with E-state index in [1.807, 2.05) is 31.2 Å². The van der Waals surface area contributed by atoms with E-state index in [9.17, 15) is 0 Å². The lowest BCUT2D eigenvalue weighted by molar-refractivity contribution is 0.392. The van der Waals surface area contributed by atoms with Gasteiger partial charge in [-0.25, -0.2) is 4.98 Å². The molecule has 106 valence electrons. The van der Waals surface area contributed by atoms with E-state index in [2.05, 4.69) is 20.2 Å². The molecule has 0 unspecified atom stereocenters. The van der Waals surface area contributed by atoms with E-state index in [1.54, 1.807) is 19.4 Å². The summed E-state index contributed by atoms with van der Waals surface area (Å²) < 4.78 is 10.7. The van der Waals surface area contributed by atoms with Crippen LogP contribution in [-0.2, 0) is 0 Å². The van der Waals surface area contributed by atoms with Gasteiger partial charge in [0.2, 0.25) is 11.8 Å². The largest absolute Gasteiger partial charge is 0.481 e. The minimum absolute atomic E-state index is 0.388. The number of nitrogens with zero attached hydrogens (tertiary/aromatic N) is 4. The molecule has 2 heterocycles. The van der Waals surface area contributed by atoms with Crippen molar-refractivity contribution < 1.29 is 9.15 Å². The molecule has 0 amide bonds. The first-order valence-electron chi connectivity index (χ1n) is 6.20. The summed E-state index contributed by atoms with van der Waals surface area (Å²) in [6, 6.07) is 9.56. The van der Waals surface area contributed by atoms with Crippen molar-refractivity contribution >= 4 is 11.8 Å². The van der Waals surface area contributed by atoms with E-state index in [0.29, 0.717) is 22.1 Å². The Balaban J connectivity index is 1.80. The highest BCUT2D eigenvalue weighted by Gasteiger charge is 2.11. The van der Waals surface area contributed by atoms with Gasteiger partial charge < -0.3 is 9.15 Å². The molecule has 0 N–H and O–H groups in total. The lowest BCUT2D eigenvalue weighted by Crippen LogP contribution is -1.90. The molecule has 0 radical (unpaired) electrons. The van der Waals surface area contributed by atoms with Gasteiger partial charge in [0.25, 0.3) is 5.22 Å². The highest BCUT2D eigenvalue weighted by atomic mass is 32.2. The van der Waals surface area contributed by atoms with Crippen LogP contribution in [0.2, 0.25) is 0 Å². The number of aromatic nitrogens is 4. The molecule has 0 fully saturated rings. The summed E-state index contributed by atoms with van der Waals surface area (Å²) in [6.45, 7) is 2.03. The van der Waals surface area contributed by atoms with Crippen LogP contribution in [0, 0.1) is 6.92 Å². The second-order valence-corrected chi connectivity index (χ2v) is 5.14.